The summed E-state index contributed by atoms with van der Waals surface area (Å²) in [5.41, 5.74) is 11.5. The molecule has 2 atom stereocenters. The summed E-state index contributed by atoms with van der Waals surface area (Å²) in [6.07, 6.45) is 10.0. The van der Waals surface area contributed by atoms with E-state index in [1.165, 1.54) is 23.8 Å². The summed E-state index contributed by atoms with van der Waals surface area (Å²) < 4.78 is 0. The lowest BCUT2D eigenvalue weighted by Gasteiger charge is -2.29. The molecule has 1 aliphatic carbocycles. The number of aryl methyl sites for hydroxylation is 1. The fraction of sp³-hybridized carbons (Fsp3) is 0.318. The second-order valence-electron chi connectivity index (χ2n) is 7.74. The molecule has 6 heteroatoms. The average Bonchev–Trinajstić information content (AvgIpc) is 3.15. The number of nitrogens with one attached hydrogen (secondary N) is 2. The molecule has 6 nitrogen and oxygen atoms in total. The van der Waals surface area contributed by atoms with E-state index in [0.29, 0.717) is 5.95 Å². The molecule has 4 N–H and O–H groups in total. The molecule has 1 aliphatic rings. The SMILES string of the molecule is Cc1cccc2[nH]c(-c3cncc4cnc(N[C@@H]5CCCCC5N)nc34)cc12. The van der Waals surface area contributed by atoms with E-state index in [2.05, 4.69) is 51.5 Å². The van der Waals surface area contributed by atoms with Gasteiger partial charge in [0.25, 0.3) is 0 Å². The van der Waals surface area contributed by atoms with Crippen LogP contribution in [0.3, 0.4) is 0 Å². The third kappa shape index (κ3) is 2.99. The van der Waals surface area contributed by atoms with Crippen LogP contribution in [0.15, 0.2) is 42.9 Å². The van der Waals surface area contributed by atoms with Gasteiger partial charge in [-0.25, -0.2) is 9.97 Å². The molecular weight excluding hydrogens is 348 g/mol. The van der Waals surface area contributed by atoms with Crippen molar-refractivity contribution < 1.29 is 0 Å². The molecule has 0 saturated heterocycles. The van der Waals surface area contributed by atoms with Crippen molar-refractivity contribution in [2.75, 3.05) is 5.32 Å². The molecule has 5 rings (SSSR count). The van der Waals surface area contributed by atoms with Crippen molar-refractivity contribution in [2.45, 2.75) is 44.7 Å². The summed E-state index contributed by atoms with van der Waals surface area (Å²) in [6, 6.07) is 8.84. The summed E-state index contributed by atoms with van der Waals surface area (Å²) in [6.45, 7) is 2.12. The van der Waals surface area contributed by atoms with Crippen LogP contribution in [0.25, 0.3) is 33.1 Å². The van der Waals surface area contributed by atoms with Gasteiger partial charge in [0.05, 0.1) is 11.2 Å². The molecule has 28 heavy (non-hydrogen) atoms. The molecule has 1 fully saturated rings. The lowest BCUT2D eigenvalue weighted by molar-refractivity contribution is 0.402. The Morgan fingerprint density at radius 2 is 2.04 bits per heavy atom. The lowest BCUT2D eigenvalue weighted by atomic mass is 9.91. The number of anilines is 1. The first-order chi connectivity index (χ1) is 13.7. The van der Waals surface area contributed by atoms with E-state index in [1.807, 2.05) is 18.6 Å². The predicted octanol–water partition coefficient (Wildman–Crippen LogP) is 4.16. The molecule has 0 spiro atoms. The number of hydrogen-bond acceptors (Lipinski definition) is 5. The van der Waals surface area contributed by atoms with Crippen LogP contribution in [-0.2, 0) is 0 Å². The van der Waals surface area contributed by atoms with E-state index in [9.17, 15) is 0 Å². The number of hydrogen-bond donors (Lipinski definition) is 3. The van der Waals surface area contributed by atoms with E-state index in [0.717, 1.165) is 40.5 Å². The van der Waals surface area contributed by atoms with E-state index >= 15 is 0 Å². The summed E-state index contributed by atoms with van der Waals surface area (Å²) in [4.78, 5) is 17.2. The Morgan fingerprint density at radius 1 is 1.14 bits per heavy atom. The number of nitrogens with zero attached hydrogens (tertiary/aromatic N) is 3. The van der Waals surface area contributed by atoms with Crippen LogP contribution in [0.2, 0.25) is 0 Å². The van der Waals surface area contributed by atoms with Crippen LogP contribution in [0.5, 0.6) is 0 Å². The highest BCUT2D eigenvalue weighted by Crippen LogP contribution is 2.30. The molecule has 142 valence electrons. The van der Waals surface area contributed by atoms with Gasteiger partial charge in [0.15, 0.2) is 0 Å². The predicted molar refractivity (Wildman–Crippen MR) is 113 cm³/mol. The molecule has 0 bridgehead atoms. The first kappa shape index (κ1) is 17.1. The van der Waals surface area contributed by atoms with Crippen molar-refractivity contribution in [3.8, 4) is 11.3 Å². The molecular formula is C22H24N6. The first-order valence-electron chi connectivity index (χ1n) is 9.90. The van der Waals surface area contributed by atoms with Gasteiger partial charge in [-0.2, -0.15) is 0 Å². The third-order valence-electron chi connectivity index (χ3n) is 5.80. The Hall–Kier alpha value is -2.99. The van der Waals surface area contributed by atoms with Crippen molar-refractivity contribution in [1.29, 1.82) is 0 Å². The Balaban J connectivity index is 1.57. The van der Waals surface area contributed by atoms with E-state index in [4.69, 9.17) is 10.7 Å². The maximum absolute atomic E-state index is 6.28. The summed E-state index contributed by atoms with van der Waals surface area (Å²) in [7, 11) is 0. The van der Waals surface area contributed by atoms with Crippen LogP contribution < -0.4 is 11.1 Å². The van der Waals surface area contributed by atoms with Gasteiger partial charge in [0.1, 0.15) is 0 Å². The Kier molecular flexibility index (Phi) is 4.20. The van der Waals surface area contributed by atoms with Crippen molar-refractivity contribution in [2.24, 2.45) is 5.73 Å². The topological polar surface area (TPSA) is 92.5 Å². The fourth-order valence-corrected chi connectivity index (χ4v) is 4.18. The number of H-pyrrole nitrogens is 1. The van der Waals surface area contributed by atoms with Crippen LogP contribution in [0.4, 0.5) is 5.95 Å². The Morgan fingerprint density at radius 3 is 2.89 bits per heavy atom. The van der Waals surface area contributed by atoms with Gasteiger partial charge in [-0.3, -0.25) is 4.98 Å². The number of aromatic nitrogens is 4. The maximum Gasteiger partial charge on any atom is 0.223 e. The van der Waals surface area contributed by atoms with Crippen molar-refractivity contribution in [1.82, 2.24) is 19.9 Å². The van der Waals surface area contributed by atoms with Gasteiger partial charge in [0.2, 0.25) is 5.95 Å². The normalized spacial score (nSPS) is 19.9. The van der Waals surface area contributed by atoms with Gasteiger partial charge in [-0.15, -0.1) is 0 Å². The smallest absolute Gasteiger partial charge is 0.223 e. The van der Waals surface area contributed by atoms with E-state index < -0.39 is 0 Å². The van der Waals surface area contributed by atoms with Crippen LogP contribution >= 0.6 is 0 Å². The molecule has 3 heterocycles. The molecule has 4 aromatic rings. The number of rotatable bonds is 3. The second-order valence-corrected chi connectivity index (χ2v) is 7.74. The van der Waals surface area contributed by atoms with Gasteiger partial charge >= 0.3 is 0 Å². The van der Waals surface area contributed by atoms with Crippen LogP contribution in [0, 0.1) is 6.92 Å². The van der Waals surface area contributed by atoms with Crippen LogP contribution in [-0.4, -0.2) is 32.0 Å². The Labute approximate surface area is 163 Å². The zero-order chi connectivity index (χ0) is 19.1. The van der Waals surface area contributed by atoms with E-state index in [1.54, 1.807) is 0 Å². The highest BCUT2D eigenvalue weighted by Gasteiger charge is 2.22. The molecule has 0 amide bonds. The summed E-state index contributed by atoms with van der Waals surface area (Å²) >= 11 is 0. The number of fused-ring (bicyclic) bond motifs is 2. The third-order valence-corrected chi connectivity index (χ3v) is 5.80. The highest BCUT2D eigenvalue weighted by atomic mass is 15.1. The standard InChI is InChI=1S/C22H24N6/c1-13-5-4-8-18-15(13)9-20(26-18)16-12-24-10-14-11-25-22(28-21(14)16)27-19-7-3-2-6-17(19)23/h4-5,8-12,17,19,26H,2-3,6-7,23H2,1H3,(H,25,27,28)/t17?,19-/m1/s1. The minimum atomic E-state index is 0.154. The van der Waals surface area contributed by atoms with Crippen LogP contribution in [0.1, 0.15) is 31.2 Å². The quantitative estimate of drug-likeness (QED) is 0.502. The Bertz CT molecular complexity index is 1150. The lowest BCUT2D eigenvalue weighted by Crippen LogP contribution is -2.42. The zero-order valence-corrected chi connectivity index (χ0v) is 15.9. The zero-order valence-electron chi connectivity index (χ0n) is 15.9. The molecule has 3 aromatic heterocycles. The molecule has 0 aliphatic heterocycles. The number of aromatic amines is 1. The average molecular weight is 372 g/mol. The molecule has 1 aromatic carbocycles. The first-order valence-corrected chi connectivity index (χ1v) is 9.90. The van der Waals surface area contributed by atoms with Gasteiger partial charge in [-0.1, -0.05) is 25.0 Å². The largest absolute Gasteiger partial charge is 0.354 e. The van der Waals surface area contributed by atoms with Crippen molar-refractivity contribution in [3.63, 3.8) is 0 Å². The minimum Gasteiger partial charge on any atom is -0.354 e. The fourth-order valence-electron chi connectivity index (χ4n) is 4.18. The second kappa shape index (κ2) is 6.87. The summed E-state index contributed by atoms with van der Waals surface area (Å²) in [5, 5.41) is 5.60. The molecule has 1 saturated carbocycles. The van der Waals surface area contributed by atoms with Gasteiger partial charge in [-0.05, 0) is 37.5 Å². The van der Waals surface area contributed by atoms with Gasteiger partial charge in [0, 0.05) is 52.5 Å². The maximum atomic E-state index is 6.28. The molecule has 0 radical (unpaired) electrons. The number of benzene rings is 1. The molecule has 1 unspecified atom stereocenters. The van der Waals surface area contributed by atoms with Crippen molar-refractivity contribution >= 4 is 27.8 Å². The number of pyridine rings is 1. The van der Waals surface area contributed by atoms with E-state index in [-0.39, 0.29) is 12.1 Å². The van der Waals surface area contributed by atoms with Crippen molar-refractivity contribution in [3.05, 3.63) is 48.4 Å². The monoisotopic (exact) mass is 372 g/mol. The highest BCUT2D eigenvalue weighted by molar-refractivity contribution is 5.96. The van der Waals surface area contributed by atoms with Gasteiger partial charge < -0.3 is 16.0 Å². The minimum absolute atomic E-state index is 0.154. The number of nitrogens with two attached hydrogens (primary N) is 1. The summed E-state index contributed by atoms with van der Waals surface area (Å²) in [5.74, 6) is 0.634.